The first kappa shape index (κ1) is 14.7. The fraction of sp³-hybridized carbons (Fsp3) is 0.600. The third kappa shape index (κ3) is 2.63. The Hall–Kier alpha value is -2.18. The maximum atomic E-state index is 12.8. The predicted molar refractivity (Wildman–Crippen MR) is 81.7 cm³/mol. The predicted octanol–water partition coefficient (Wildman–Crippen LogP) is 1.76. The molecule has 118 valence electrons. The maximum Gasteiger partial charge on any atom is 0.257 e. The summed E-state index contributed by atoms with van der Waals surface area (Å²) in [5.41, 5.74) is 1.41. The quantitative estimate of drug-likeness (QED) is 0.884. The first-order valence-corrected chi connectivity index (χ1v) is 7.58. The van der Waals surface area contributed by atoms with Crippen LogP contribution in [-0.4, -0.2) is 49.3 Å². The molecule has 1 aliphatic rings. The van der Waals surface area contributed by atoms with E-state index < -0.39 is 0 Å². The van der Waals surface area contributed by atoms with Gasteiger partial charge in [-0.15, -0.1) is 0 Å². The summed E-state index contributed by atoms with van der Waals surface area (Å²) in [7, 11) is 0. The molecule has 0 aliphatic carbocycles. The monoisotopic (exact) mass is 302 g/mol. The van der Waals surface area contributed by atoms with E-state index in [1.807, 2.05) is 11.8 Å². The van der Waals surface area contributed by atoms with Crippen LogP contribution in [0.1, 0.15) is 60.8 Å². The molecular weight excluding hydrogens is 280 g/mol. The van der Waals surface area contributed by atoms with Gasteiger partial charge in [-0.3, -0.25) is 15.0 Å². The van der Waals surface area contributed by atoms with E-state index in [0.29, 0.717) is 12.1 Å². The van der Waals surface area contributed by atoms with Gasteiger partial charge in [-0.05, 0) is 13.3 Å². The number of hydrogen-bond acceptors (Lipinski definition) is 4. The molecule has 1 unspecified atom stereocenters. The number of carbonyl (C=O) groups is 1. The Bertz CT molecular complexity index is 680. The second-order valence-electron chi connectivity index (χ2n) is 6.92. The van der Waals surface area contributed by atoms with Crippen LogP contribution in [-0.2, 0) is 5.41 Å². The summed E-state index contributed by atoms with van der Waals surface area (Å²) in [5.74, 6) is 1.85. The lowest BCUT2D eigenvalue weighted by atomic mass is 9.89. The molecule has 2 aromatic rings. The average Bonchev–Trinajstić information content (AvgIpc) is 3.16. The molecule has 1 amide bonds. The number of likely N-dealkylation sites (tertiary alicyclic amines) is 1. The highest BCUT2D eigenvalue weighted by Gasteiger charge is 2.33. The number of carbonyl (C=O) groups excluding carboxylic acids is 1. The third-order valence-corrected chi connectivity index (χ3v) is 4.07. The van der Waals surface area contributed by atoms with Crippen LogP contribution in [0.15, 0.2) is 6.20 Å². The van der Waals surface area contributed by atoms with Gasteiger partial charge in [0.05, 0.1) is 17.5 Å². The molecule has 2 N–H and O–H groups in total. The van der Waals surface area contributed by atoms with Crippen molar-refractivity contribution < 1.29 is 4.79 Å². The fourth-order valence-electron chi connectivity index (χ4n) is 2.89. The van der Waals surface area contributed by atoms with E-state index in [-0.39, 0.29) is 17.2 Å². The van der Waals surface area contributed by atoms with Gasteiger partial charge in [0.2, 0.25) is 0 Å². The van der Waals surface area contributed by atoms with Crippen molar-refractivity contribution in [3.8, 4) is 0 Å². The van der Waals surface area contributed by atoms with E-state index in [9.17, 15) is 4.79 Å². The molecule has 0 saturated carbocycles. The highest BCUT2D eigenvalue weighted by Crippen LogP contribution is 2.29. The standard InChI is InChI=1S/C15H22N6O/c1-9-17-13(20-18-9)10-5-6-21(8-10)14(22)11-7-16-19-12(11)15(2,3)4/h7,10H,5-6,8H2,1-4H3,(H,16,19)(H,17,18,20). The normalized spacial score (nSPS) is 18.9. The molecule has 0 spiro atoms. The van der Waals surface area contributed by atoms with Crippen molar-refractivity contribution in [1.29, 1.82) is 0 Å². The van der Waals surface area contributed by atoms with Crippen LogP contribution >= 0.6 is 0 Å². The van der Waals surface area contributed by atoms with Crippen LogP contribution in [0.2, 0.25) is 0 Å². The summed E-state index contributed by atoms with van der Waals surface area (Å²) in [4.78, 5) is 19.0. The average molecular weight is 302 g/mol. The largest absolute Gasteiger partial charge is 0.338 e. The minimum atomic E-state index is -0.137. The molecule has 7 heteroatoms. The van der Waals surface area contributed by atoms with Crippen LogP contribution in [0.4, 0.5) is 0 Å². The van der Waals surface area contributed by atoms with Crippen molar-refractivity contribution in [2.75, 3.05) is 13.1 Å². The number of aryl methyl sites for hydroxylation is 1. The van der Waals surface area contributed by atoms with Crippen molar-refractivity contribution in [2.45, 2.75) is 45.4 Å². The van der Waals surface area contributed by atoms with Gasteiger partial charge in [0, 0.05) is 24.4 Å². The molecule has 22 heavy (non-hydrogen) atoms. The molecule has 1 atom stereocenters. The summed E-state index contributed by atoms with van der Waals surface area (Å²) in [6.45, 7) is 9.48. The lowest BCUT2D eigenvalue weighted by Gasteiger charge is -2.21. The molecule has 0 bridgehead atoms. The topological polar surface area (TPSA) is 90.6 Å². The summed E-state index contributed by atoms with van der Waals surface area (Å²) in [6, 6.07) is 0. The molecule has 1 saturated heterocycles. The van der Waals surface area contributed by atoms with Gasteiger partial charge < -0.3 is 4.90 Å². The molecule has 1 aliphatic heterocycles. The lowest BCUT2D eigenvalue weighted by Crippen LogP contribution is -2.30. The lowest BCUT2D eigenvalue weighted by molar-refractivity contribution is 0.0788. The number of H-pyrrole nitrogens is 2. The van der Waals surface area contributed by atoms with Crippen LogP contribution in [0.3, 0.4) is 0 Å². The Kier molecular flexibility index (Phi) is 3.50. The van der Waals surface area contributed by atoms with Gasteiger partial charge in [0.25, 0.3) is 5.91 Å². The molecule has 3 heterocycles. The Morgan fingerprint density at radius 3 is 2.77 bits per heavy atom. The molecule has 0 radical (unpaired) electrons. The van der Waals surface area contributed by atoms with Gasteiger partial charge in [0.1, 0.15) is 5.82 Å². The Balaban J connectivity index is 1.76. The van der Waals surface area contributed by atoms with Crippen molar-refractivity contribution in [3.05, 3.63) is 29.1 Å². The van der Waals surface area contributed by atoms with Crippen LogP contribution in [0.5, 0.6) is 0 Å². The Morgan fingerprint density at radius 2 is 2.14 bits per heavy atom. The third-order valence-electron chi connectivity index (χ3n) is 4.07. The summed E-state index contributed by atoms with van der Waals surface area (Å²) < 4.78 is 0. The maximum absolute atomic E-state index is 12.8. The molecule has 7 nitrogen and oxygen atoms in total. The number of amides is 1. The number of rotatable bonds is 2. The first-order valence-electron chi connectivity index (χ1n) is 7.58. The van der Waals surface area contributed by atoms with E-state index >= 15 is 0 Å². The second-order valence-corrected chi connectivity index (χ2v) is 6.92. The number of hydrogen-bond donors (Lipinski definition) is 2. The fourth-order valence-corrected chi connectivity index (χ4v) is 2.89. The smallest absolute Gasteiger partial charge is 0.257 e. The number of nitrogens with one attached hydrogen (secondary N) is 2. The van der Waals surface area contributed by atoms with E-state index in [1.54, 1.807) is 6.20 Å². The minimum absolute atomic E-state index is 0.0356. The van der Waals surface area contributed by atoms with E-state index in [1.165, 1.54) is 0 Å². The minimum Gasteiger partial charge on any atom is -0.338 e. The molecule has 3 rings (SSSR count). The molecule has 2 aromatic heterocycles. The summed E-state index contributed by atoms with van der Waals surface area (Å²) >= 11 is 0. The SMILES string of the molecule is Cc1nc(C2CCN(C(=O)c3cn[nH]c3C(C)(C)C)C2)n[nH]1. The van der Waals surface area contributed by atoms with E-state index in [2.05, 4.69) is 46.1 Å². The number of aromatic nitrogens is 5. The molecule has 0 aromatic carbocycles. The van der Waals surface area contributed by atoms with Gasteiger partial charge in [-0.2, -0.15) is 10.2 Å². The van der Waals surface area contributed by atoms with Gasteiger partial charge in [-0.1, -0.05) is 20.8 Å². The Morgan fingerprint density at radius 1 is 1.36 bits per heavy atom. The van der Waals surface area contributed by atoms with Gasteiger partial charge in [0.15, 0.2) is 5.82 Å². The second kappa shape index (κ2) is 5.23. The highest BCUT2D eigenvalue weighted by molar-refractivity contribution is 5.95. The van der Waals surface area contributed by atoms with Crippen LogP contribution < -0.4 is 0 Å². The first-order chi connectivity index (χ1) is 10.4. The molecular formula is C15H22N6O. The number of nitrogens with zero attached hydrogens (tertiary/aromatic N) is 4. The van der Waals surface area contributed by atoms with Crippen LogP contribution in [0, 0.1) is 6.92 Å². The van der Waals surface area contributed by atoms with Crippen molar-refractivity contribution in [2.24, 2.45) is 0 Å². The van der Waals surface area contributed by atoms with Crippen molar-refractivity contribution >= 4 is 5.91 Å². The van der Waals surface area contributed by atoms with E-state index in [0.717, 1.165) is 30.3 Å². The van der Waals surface area contributed by atoms with Gasteiger partial charge >= 0.3 is 0 Å². The van der Waals surface area contributed by atoms with Crippen molar-refractivity contribution in [3.63, 3.8) is 0 Å². The zero-order chi connectivity index (χ0) is 15.9. The summed E-state index contributed by atoms with van der Waals surface area (Å²) in [5, 5.41) is 14.1. The Labute approximate surface area is 129 Å². The molecule has 1 fully saturated rings. The van der Waals surface area contributed by atoms with Crippen molar-refractivity contribution in [1.82, 2.24) is 30.3 Å². The van der Waals surface area contributed by atoms with Gasteiger partial charge in [-0.25, -0.2) is 4.98 Å². The summed E-state index contributed by atoms with van der Waals surface area (Å²) in [6.07, 6.45) is 2.53. The number of aromatic amines is 2. The zero-order valence-electron chi connectivity index (χ0n) is 13.5. The highest BCUT2D eigenvalue weighted by atomic mass is 16.2. The zero-order valence-corrected chi connectivity index (χ0v) is 13.5. The van der Waals surface area contributed by atoms with Crippen LogP contribution in [0.25, 0.3) is 0 Å². The van der Waals surface area contributed by atoms with E-state index in [4.69, 9.17) is 0 Å².